The molecule has 0 unspecified atom stereocenters. The number of carbonyl (C=O) groups is 2. The number of nitrogens with zero attached hydrogens (tertiary/aromatic N) is 2. The molecule has 5 rings (SSSR count). The third kappa shape index (κ3) is 6.13. The van der Waals surface area contributed by atoms with Crippen molar-refractivity contribution in [3.63, 3.8) is 0 Å². The second-order valence-electron chi connectivity index (χ2n) is 9.91. The highest BCUT2D eigenvalue weighted by Gasteiger charge is 2.18. The van der Waals surface area contributed by atoms with Gasteiger partial charge in [-0.2, -0.15) is 0 Å². The van der Waals surface area contributed by atoms with Crippen LogP contribution in [-0.2, 0) is 11.3 Å². The van der Waals surface area contributed by atoms with Gasteiger partial charge < -0.3 is 19.9 Å². The van der Waals surface area contributed by atoms with Crippen molar-refractivity contribution in [1.29, 1.82) is 0 Å². The zero-order valence-corrected chi connectivity index (χ0v) is 22.0. The SMILES string of the molecule is Cc1ccc(C(=O)Nc2ccc3c(c2)cc(C(=O)NCCN2CCOCC2)n3Cc2cccc(C)c2)cc1. The van der Waals surface area contributed by atoms with Crippen molar-refractivity contribution < 1.29 is 14.3 Å². The Morgan fingerprint density at radius 1 is 0.868 bits per heavy atom. The van der Waals surface area contributed by atoms with Crippen molar-refractivity contribution in [3.05, 3.63) is 101 Å². The monoisotopic (exact) mass is 510 g/mol. The van der Waals surface area contributed by atoms with Crippen LogP contribution >= 0.6 is 0 Å². The zero-order valence-electron chi connectivity index (χ0n) is 22.0. The average Bonchev–Trinajstić information content (AvgIpc) is 3.27. The molecular weight excluding hydrogens is 476 g/mol. The summed E-state index contributed by atoms with van der Waals surface area (Å²) < 4.78 is 7.47. The summed E-state index contributed by atoms with van der Waals surface area (Å²) in [5.74, 6) is -0.267. The van der Waals surface area contributed by atoms with Crippen LogP contribution in [0.15, 0.2) is 72.8 Å². The highest BCUT2D eigenvalue weighted by molar-refractivity contribution is 6.06. The molecule has 0 atom stereocenters. The van der Waals surface area contributed by atoms with Gasteiger partial charge in [-0.05, 0) is 55.8 Å². The van der Waals surface area contributed by atoms with Crippen LogP contribution < -0.4 is 10.6 Å². The zero-order chi connectivity index (χ0) is 26.5. The quantitative estimate of drug-likeness (QED) is 0.363. The van der Waals surface area contributed by atoms with Gasteiger partial charge in [0.1, 0.15) is 5.69 Å². The highest BCUT2D eigenvalue weighted by atomic mass is 16.5. The standard InChI is InChI=1S/C31H34N4O3/c1-22-6-8-25(9-7-22)30(36)33-27-10-11-28-26(19-27)20-29(35(28)21-24-5-3-4-23(2)18-24)31(37)32-12-13-34-14-16-38-17-15-34/h3-11,18-20H,12-17,21H2,1-2H3,(H,32,37)(H,33,36). The molecule has 3 aromatic carbocycles. The smallest absolute Gasteiger partial charge is 0.267 e. The fourth-order valence-electron chi connectivity index (χ4n) is 4.85. The van der Waals surface area contributed by atoms with Crippen LogP contribution in [0.25, 0.3) is 10.9 Å². The van der Waals surface area contributed by atoms with Gasteiger partial charge >= 0.3 is 0 Å². The number of rotatable bonds is 8. The Morgan fingerprint density at radius 3 is 2.42 bits per heavy atom. The van der Waals surface area contributed by atoms with Gasteiger partial charge in [-0.25, -0.2) is 0 Å². The molecule has 7 heteroatoms. The summed E-state index contributed by atoms with van der Waals surface area (Å²) in [6.45, 7) is 9.26. The summed E-state index contributed by atoms with van der Waals surface area (Å²) in [7, 11) is 0. The van der Waals surface area contributed by atoms with E-state index in [9.17, 15) is 9.59 Å². The minimum Gasteiger partial charge on any atom is -0.379 e. The maximum Gasteiger partial charge on any atom is 0.267 e. The average molecular weight is 511 g/mol. The normalized spacial score (nSPS) is 13.9. The molecule has 7 nitrogen and oxygen atoms in total. The van der Waals surface area contributed by atoms with Crippen LogP contribution in [0, 0.1) is 13.8 Å². The molecule has 1 aromatic heterocycles. The summed E-state index contributed by atoms with van der Waals surface area (Å²) in [4.78, 5) is 28.4. The first-order valence-electron chi connectivity index (χ1n) is 13.1. The van der Waals surface area contributed by atoms with Crippen LogP contribution in [0.2, 0.25) is 0 Å². The molecule has 1 aliphatic rings. The number of anilines is 1. The van der Waals surface area contributed by atoms with Crippen LogP contribution in [0.3, 0.4) is 0 Å². The number of ether oxygens (including phenoxy) is 1. The largest absolute Gasteiger partial charge is 0.379 e. The Bertz CT molecular complexity index is 1440. The summed E-state index contributed by atoms with van der Waals surface area (Å²) in [6.07, 6.45) is 0. The lowest BCUT2D eigenvalue weighted by Gasteiger charge is -2.26. The van der Waals surface area contributed by atoms with Crippen molar-refractivity contribution in [2.75, 3.05) is 44.7 Å². The summed E-state index contributed by atoms with van der Waals surface area (Å²) in [5.41, 5.74) is 6.25. The molecule has 2 heterocycles. The van der Waals surface area contributed by atoms with Gasteiger partial charge in [-0.15, -0.1) is 0 Å². The lowest BCUT2D eigenvalue weighted by atomic mass is 10.1. The topological polar surface area (TPSA) is 75.6 Å². The van der Waals surface area contributed by atoms with Crippen molar-refractivity contribution in [2.45, 2.75) is 20.4 Å². The van der Waals surface area contributed by atoms with Gasteiger partial charge in [0, 0.05) is 54.9 Å². The second-order valence-corrected chi connectivity index (χ2v) is 9.91. The highest BCUT2D eigenvalue weighted by Crippen LogP contribution is 2.25. The van der Waals surface area contributed by atoms with Crippen LogP contribution in [0.5, 0.6) is 0 Å². The Hall–Kier alpha value is -3.94. The van der Waals surface area contributed by atoms with E-state index < -0.39 is 0 Å². The van der Waals surface area contributed by atoms with Gasteiger partial charge in [0.2, 0.25) is 0 Å². The van der Waals surface area contributed by atoms with E-state index in [0.717, 1.165) is 54.9 Å². The first-order valence-corrected chi connectivity index (χ1v) is 13.1. The van der Waals surface area contributed by atoms with Crippen LogP contribution in [0.1, 0.15) is 37.5 Å². The molecule has 2 N–H and O–H groups in total. The number of hydrogen-bond donors (Lipinski definition) is 2. The number of hydrogen-bond acceptors (Lipinski definition) is 4. The van der Waals surface area contributed by atoms with Crippen molar-refractivity contribution in [3.8, 4) is 0 Å². The van der Waals surface area contributed by atoms with E-state index in [0.29, 0.717) is 30.0 Å². The predicted octanol–water partition coefficient (Wildman–Crippen LogP) is 4.62. The Labute approximate surface area is 223 Å². The summed E-state index contributed by atoms with van der Waals surface area (Å²) in [6, 6.07) is 23.5. The number of aromatic nitrogens is 1. The number of amides is 2. The second kappa shape index (κ2) is 11.6. The molecule has 1 aliphatic heterocycles. The number of benzene rings is 3. The van der Waals surface area contributed by atoms with E-state index in [1.165, 1.54) is 5.56 Å². The molecule has 1 saturated heterocycles. The summed E-state index contributed by atoms with van der Waals surface area (Å²) in [5, 5.41) is 7.00. The van der Waals surface area contributed by atoms with Gasteiger partial charge in [-0.1, -0.05) is 47.5 Å². The molecule has 0 aliphatic carbocycles. The van der Waals surface area contributed by atoms with Crippen LogP contribution in [-0.4, -0.2) is 60.7 Å². The van der Waals surface area contributed by atoms with E-state index in [-0.39, 0.29) is 11.8 Å². The lowest BCUT2D eigenvalue weighted by molar-refractivity contribution is 0.0383. The maximum absolute atomic E-state index is 13.4. The molecular formula is C31H34N4O3. The van der Waals surface area contributed by atoms with Gasteiger partial charge in [0.05, 0.1) is 13.2 Å². The van der Waals surface area contributed by atoms with Crippen molar-refractivity contribution in [1.82, 2.24) is 14.8 Å². The molecule has 0 bridgehead atoms. The predicted molar refractivity (Wildman–Crippen MR) is 151 cm³/mol. The molecule has 38 heavy (non-hydrogen) atoms. The van der Waals surface area contributed by atoms with Crippen molar-refractivity contribution in [2.24, 2.45) is 0 Å². The molecule has 0 spiro atoms. The summed E-state index contributed by atoms with van der Waals surface area (Å²) >= 11 is 0. The Kier molecular flexibility index (Phi) is 7.86. The first-order chi connectivity index (χ1) is 18.5. The Morgan fingerprint density at radius 2 is 1.66 bits per heavy atom. The third-order valence-electron chi connectivity index (χ3n) is 6.95. The fourth-order valence-corrected chi connectivity index (χ4v) is 4.85. The number of nitrogens with one attached hydrogen (secondary N) is 2. The lowest BCUT2D eigenvalue weighted by Crippen LogP contribution is -2.41. The molecule has 4 aromatic rings. The minimum absolute atomic E-state index is 0.104. The van der Waals surface area contributed by atoms with E-state index in [4.69, 9.17) is 4.74 Å². The van der Waals surface area contributed by atoms with Gasteiger partial charge in [-0.3, -0.25) is 14.5 Å². The molecule has 2 amide bonds. The van der Waals surface area contributed by atoms with E-state index in [1.54, 1.807) is 0 Å². The van der Waals surface area contributed by atoms with Gasteiger partial charge in [0.25, 0.3) is 11.8 Å². The Balaban J connectivity index is 1.39. The fraction of sp³-hybridized carbons (Fsp3) is 0.290. The van der Waals surface area contributed by atoms with Crippen LogP contribution in [0.4, 0.5) is 5.69 Å². The number of aryl methyl sites for hydroxylation is 2. The van der Waals surface area contributed by atoms with Crippen molar-refractivity contribution >= 4 is 28.4 Å². The van der Waals surface area contributed by atoms with E-state index in [2.05, 4.69) is 45.2 Å². The molecule has 196 valence electrons. The van der Waals surface area contributed by atoms with E-state index >= 15 is 0 Å². The van der Waals surface area contributed by atoms with E-state index in [1.807, 2.05) is 61.5 Å². The number of morpholine rings is 1. The molecule has 1 fully saturated rings. The minimum atomic E-state index is -0.162. The van der Waals surface area contributed by atoms with Gasteiger partial charge in [0.15, 0.2) is 0 Å². The molecule has 0 radical (unpaired) electrons. The third-order valence-corrected chi connectivity index (χ3v) is 6.95. The number of carbonyl (C=O) groups excluding carboxylic acids is 2. The maximum atomic E-state index is 13.4. The molecule has 0 saturated carbocycles. The number of fused-ring (bicyclic) bond motifs is 1. The first kappa shape index (κ1) is 25.7.